The van der Waals surface area contributed by atoms with Gasteiger partial charge in [-0.3, -0.25) is 10.1 Å². The standard InChI is InChI=1S/C21H24N6O4S2/c1-14(17-4-6-18(7-5-17)27(28)29)19-13-32-21(24-19)25-8-10-26(11-9-25)33(30,31)20-12-22-16(3)23-15(20)2/h4-7,12-14H,8-11H2,1-3H3. The molecule has 0 amide bonds. The lowest BCUT2D eigenvalue weighted by Gasteiger charge is -2.33. The Morgan fingerprint density at radius 2 is 1.76 bits per heavy atom. The molecule has 1 aromatic carbocycles. The number of non-ortho nitro benzene ring substituents is 1. The lowest BCUT2D eigenvalue weighted by atomic mass is 9.98. The summed E-state index contributed by atoms with van der Waals surface area (Å²) in [5.74, 6) is 0.529. The van der Waals surface area contributed by atoms with Crippen LogP contribution in [0.25, 0.3) is 0 Å². The van der Waals surface area contributed by atoms with Gasteiger partial charge >= 0.3 is 0 Å². The second-order valence-corrected chi connectivity index (χ2v) is 10.6. The maximum absolute atomic E-state index is 13.1. The van der Waals surface area contributed by atoms with Gasteiger partial charge in [0.25, 0.3) is 5.69 Å². The maximum atomic E-state index is 13.1. The molecular weight excluding hydrogens is 464 g/mol. The second kappa shape index (κ2) is 9.12. The fourth-order valence-electron chi connectivity index (χ4n) is 3.76. The predicted octanol–water partition coefficient (Wildman–Crippen LogP) is 3.12. The Hall–Kier alpha value is -2.96. The van der Waals surface area contributed by atoms with Gasteiger partial charge < -0.3 is 4.90 Å². The van der Waals surface area contributed by atoms with E-state index in [-0.39, 0.29) is 16.5 Å². The average Bonchev–Trinajstić information content (AvgIpc) is 3.29. The third-order valence-electron chi connectivity index (χ3n) is 5.74. The van der Waals surface area contributed by atoms with Gasteiger partial charge in [-0.2, -0.15) is 4.31 Å². The molecular formula is C21H24N6O4S2. The number of hydrogen-bond donors (Lipinski definition) is 0. The Kier molecular flexibility index (Phi) is 6.41. The minimum atomic E-state index is -3.65. The average molecular weight is 489 g/mol. The summed E-state index contributed by atoms with van der Waals surface area (Å²) in [5, 5.41) is 13.7. The zero-order valence-electron chi connectivity index (χ0n) is 18.5. The zero-order valence-corrected chi connectivity index (χ0v) is 20.1. The number of piperazine rings is 1. The number of nitrogens with zero attached hydrogens (tertiary/aromatic N) is 6. The largest absolute Gasteiger partial charge is 0.345 e. The molecule has 1 atom stereocenters. The quantitative estimate of drug-likeness (QED) is 0.383. The Balaban J connectivity index is 1.43. The minimum Gasteiger partial charge on any atom is -0.345 e. The Labute approximate surface area is 196 Å². The highest BCUT2D eigenvalue weighted by atomic mass is 32.2. The Bertz CT molecular complexity index is 1270. The molecule has 0 saturated carbocycles. The summed E-state index contributed by atoms with van der Waals surface area (Å²) in [6.45, 7) is 7.18. The number of nitro benzene ring substituents is 1. The molecule has 33 heavy (non-hydrogen) atoms. The van der Waals surface area contributed by atoms with Crippen molar-refractivity contribution in [1.82, 2.24) is 19.3 Å². The van der Waals surface area contributed by atoms with Crippen LogP contribution in [0.1, 0.15) is 35.6 Å². The first-order valence-electron chi connectivity index (χ1n) is 10.4. The number of aryl methyl sites for hydroxylation is 2. The van der Waals surface area contributed by atoms with Crippen molar-refractivity contribution in [3.05, 3.63) is 68.7 Å². The molecule has 0 N–H and O–H groups in total. The number of rotatable bonds is 6. The number of hydrogen-bond acceptors (Lipinski definition) is 9. The first-order chi connectivity index (χ1) is 15.7. The molecule has 1 aliphatic heterocycles. The van der Waals surface area contributed by atoms with E-state index in [0.717, 1.165) is 16.4 Å². The van der Waals surface area contributed by atoms with Crippen LogP contribution >= 0.6 is 11.3 Å². The van der Waals surface area contributed by atoms with Crippen molar-refractivity contribution in [2.45, 2.75) is 31.6 Å². The van der Waals surface area contributed by atoms with E-state index in [1.54, 1.807) is 26.0 Å². The molecule has 1 unspecified atom stereocenters. The van der Waals surface area contributed by atoms with Gasteiger partial charge in [0, 0.05) is 49.6 Å². The molecule has 174 valence electrons. The lowest BCUT2D eigenvalue weighted by Crippen LogP contribution is -2.48. The highest BCUT2D eigenvalue weighted by Gasteiger charge is 2.31. The summed E-state index contributed by atoms with van der Waals surface area (Å²) < 4.78 is 27.6. The molecule has 0 spiro atoms. The normalized spacial score (nSPS) is 16.0. The van der Waals surface area contributed by atoms with Gasteiger partial charge in [0.2, 0.25) is 10.0 Å². The van der Waals surface area contributed by atoms with Gasteiger partial charge in [0.15, 0.2) is 5.13 Å². The summed E-state index contributed by atoms with van der Waals surface area (Å²) in [6, 6.07) is 6.50. The molecule has 3 heterocycles. The number of aromatic nitrogens is 3. The third-order valence-corrected chi connectivity index (χ3v) is 8.66. The van der Waals surface area contributed by atoms with E-state index in [0.29, 0.717) is 37.7 Å². The van der Waals surface area contributed by atoms with Crippen molar-refractivity contribution >= 4 is 32.2 Å². The molecule has 10 nitrogen and oxygen atoms in total. The monoisotopic (exact) mass is 488 g/mol. The van der Waals surface area contributed by atoms with Gasteiger partial charge in [-0.25, -0.2) is 23.4 Å². The van der Waals surface area contributed by atoms with E-state index in [1.807, 2.05) is 12.3 Å². The minimum absolute atomic E-state index is 0.0121. The van der Waals surface area contributed by atoms with Crippen LogP contribution in [0.2, 0.25) is 0 Å². The van der Waals surface area contributed by atoms with Crippen LogP contribution in [-0.2, 0) is 10.0 Å². The van der Waals surface area contributed by atoms with Gasteiger partial charge in [-0.1, -0.05) is 19.1 Å². The molecule has 2 aromatic heterocycles. The molecule has 0 aliphatic carbocycles. The summed E-state index contributed by atoms with van der Waals surface area (Å²) in [6.07, 6.45) is 1.38. The van der Waals surface area contributed by atoms with Crippen molar-refractivity contribution in [1.29, 1.82) is 0 Å². The SMILES string of the molecule is Cc1ncc(S(=O)(=O)N2CCN(c3nc(C(C)c4ccc([N+](=O)[O-])cc4)cs3)CC2)c(C)n1. The molecule has 1 saturated heterocycles. The number of anilines is 1. The van der Waals surface area contributed by atoms with Crippen LogP contribution in [-0.4, -0.2) is 58.8 Å². The van der Waals surface area contributed by atoms with Gasteiger partial charge in [0.1, 0.15) is 10.7 Å². The molecule has 3 aromatic rings. The van der Waals surface area contributed by atoms with E-state index in [2.05, 4.69) is 14.9 Å². The van der Waals surface area contributed by atoms with Crippen LogP contribution in [0.15, 0.2) is 40.7 Å². The van der Waals surface area contributed by atoms with E-state index >= 15 is 0 Å². The van der Waals surface area contributed by atoms with E-state index < -0.39 is 14.9 Å². The zero-order chi connectivity index (χ0) is 23.8. The van der Waals surface area contributed by atoms with Crippen molar-refractivity contribution in [3.8, 4) is 0 Å². The van der Waals surface area contributed by atoms with Gasteiger partial charge in [-0.05, 0) is 19.4 Å². The topological polar surface area (TPSA) is 122 Å². The highest BCUT2D eigenvalue weighted by molar-refractivity contribution is 7.89. The van der Waals surface area contributed by atoms with Gasteiger partial charge in [-0.15, -0.1) is 11.3 Å². The maximum Gasteiger partial charge on any atom is 0.269 e. The van der Waals surface area contributed by atoms with Crippen molar-refractivity contribution in [3.63, 3.8) is 0 Å². The van der Waals surface area contributed by atoms with E-state index in [9.17, 15) is 18.5 Å². The van der Waals surface area contributed by atoms with Crippen LogP contribution in [0, 0.1) is 24.0 Å². The fourth-order valence-corrected chi connectivity index (χ4v) is 6.26. The van der Waals surface area contributed by atoms with Gasteiger partial charge in [0.05, 0.1) is 22.5 Å². The second-order valence-electron chi connectivity index (χ2n) is 7.88. The van der Waals surface area contributed by atoms with Crippen LogP contribution in [0.4, 0.5) is 10.8 Å². The molecule has 4 rings (SSSR count). The summed E-state index contributed by atoms with van der Waals surface area (Å²) in [5.41, 5.74) is 2.34. The molecule has 1 aliphatic rings. The predicted molar refractivity (Wildman–Crippen MR) is 125 cm³/mol. The number of benzene rings is 1. The third kappa shape index (κ3) is 4.72. The first kappa shape index (κ1) is 23.2. The number of nitro groups is 1. The van der Waals surface area contributed by atoms with Crippen LogP contribution in [0.3, 0.4) is 0 Å². The van der Waals surface area contributed by atoms with Crippen molar-refractivity contribution in [2.75, 3.05) is 31.1 Å². The van der Waals surface area contributed by atoms with Crippen molar-refractivity contribution in [2.24, 2.45) is 0 Å². The van der Waals surface area contributed by atoms with Crippen molar-refractivity contribution < 1.29 is 13.3 Å². The molecule has 0 bridgehead atoms. The summed E-state index contributed by atoms with van der Waals surface area (Å²) >= 11 is 1.51. The van der Waals surface area contributed by atoms with E-state index in [4.69, 9.17) is 4.98 Å². The smallest absolute Gasteiger partial charge is 0.269 e. The molecule has 1 fully saturated rings. The summed E-state index contributed by atoms with van der Waals surface area (Å²) in [7, 11) is -3.65. The van der Waals surface area contributed by atoms with E-state index in [1.165, 1.54) is 34.0 Å². The first-order valence-corrected chi connectivity index (χ1v) is 12.7. The lowest BCUT2D eigenvalue weighted by molar-refractivity contribution is -0.384. The van der Waals surface area contributed by atoms with Crippen LogP contribution in [0.5, 0.6) is 0 Å². The molecule has 12 heteroatoms. The number of sulfonamides is 1. The van der Waals surface area contributed by atoms with Crippen LogP contribution < -0.4 is 4.90 Å². The highest BCUT2D eigenvalue weighted by Crippen LogP contribution is 2.31. The Morgan fingerprint density at radius 1 is 1.09 bits per heavy atom. The number of thiazole rings is 1. The Morgan fingerprint density at radius 3 is 2.36 bits per heavy atom. The molecule has 0 radical (unpaired) electrons. The summed E-state index contributed by atoms with van der Waals surface area (Å²) in [4.78, 5) is 25.7. The fraction of sp³-hybridized carbons (Fsp3) is 0.381.